The highest BCUT2D eigenvalue weighted by Crippen LogP contribution is 2.44. The van der Waals surface area contributed by atoms with Crippen molar-refractivity contribution in [1.29, 1.82) is 0 Å². The first-order chi connectivity index (χ1) is 19.3. The molecule has 0 aliphatic carbocycles. The van der Waals surface area contributed by atoms with E-state index in [9.17, 15) is 31.2 Å². The molecule has 0 saturated heterocycles. The highest BCUT2D eigenvalue weighted by molar-refractivity contribution is 7.92. The number of hydrogen-bond acceptors (Lipinski definition) is 8. The van der Waals surface area contributed by atoms with Crippen LogP contribution in [0, 0.1) is 6.92 Å². The molecule has 41 heavy (non-hydrogen) atoms. The molecule has 1 atom stereocenters. The van der Waals surface area contributed by atoms with Crippen LogP contribution in [-0.4, -0.2) is 65.9 Å². The Morgan fingerprint density at radius 3 is 2.73 bits per heavy atom. The zero-order valence-corrected chi connectivity index (χ0v) is 22.9. The topological polar surface area (TPSA) is 142 Å². The van der Waals surface area contributed by atoms with Crippen molar-refractivity contribution >= 4 is 27.5 Å². The Kier molecular flexibility index (Phi) is 7.17. The number of benzene rings is 1. The number of fused-ring (bicyclic) bond motifs is 3. The minimum Gasteiger partial charge on any atom is -0.493 e. The molecular weight excluding hydrogens is 567 g/mol. The van der Waals surface area contributed by atoms with Gasteiger partial charge in [-0.3, -0.25) is 9.59 Å². The molecule has 2 aliphatic rings. The maximum absolute atomic E-state index is 13.6. The summed E-state index contributed by atoms with van der Waals surface area (Å²) in [5.41, 5.74) is 0.755. The van der Waals surface area contributed by atoms with Crippen molar-refractivity contribution in [2.24, 2.45) is 0 Å². The zero-order chi connectivity index (χ0) is 29.6. The standard InChI is InChI=1S/C26H26F3N5O6S/c1-3-41(37,38)13-21(35)31-23-22-18(33-34(23)20-7-4-15(2)12-30-20)11-25(32-24(22)36)8-9-39-19-10-16(5-6-17(19)25)40-14-26(27,28)29/h4-7,10,12H,3,8-9,11,13-14H2,1-2H3,(H,31,35)(H,32,36)/t25-/m0/s1. The summed E-state index contributed by atoms with van der Waals surface area (Å²) in [6, 6.07) is 7.68. The van der Waals surface area contributed by atoms with Crippen molar-refractivity contribution in [1.82, 2.24) is 20.1 Å². The number of nitrogens with one attached hydrogen (secondary N) is 2. The molecule has 0 saturated carbocycles. The average Bonchev–Trinajstić information content (AvgIpc) is 3.25. The third-order valence-electron chi connectivity index (χ3n) is 6.83. The summed E-state index contributed by atoms with van der Waals surface area (Å²) in [5, 5.41) is 10.1. The van der Waals surface area contributed by atoms with E-state index in [-0.39, 0.29) is 41.7 Å². The van der Waals surface area contributed by atoms with Gasteiger partial charge in [-0.15, -0.1) is 0 Å². The second-order valence-corrected chi connectivity index (χ2v) is 12.2. The smallest absolute Gasteiger partial charge is 0.422 e. The lowest BCUT2D eigenvalue weighted by Crippen LogP contribution is -2.53. The number of pyridine rings is 1. The summed E-state index contributed by atoms with van der Waals surface area (Å²) in [4.78, 5) is 30.7. The van der Waals surface area contributed by atoms with Gasteiger partial charge in [0.1, 0.15) is 22.8 Å². The van der Waals surface area contributed by atoms with Crippen LogP contribution >= 0.6 is 0 Å². The van der Waals surface area contributed by atoms with Crippen LogP contribution < -0.4 is 20.1 Å². The molecule has 0 fully saturated rings. The number of carbonyl (C=O) groups excluding carboxylic acids is 2. The maximum Gasteiger partial charge on any atom is 0.422 e. The summed E-state index contributed by atoms with van der Waals surface area (Å²) in [5.74, 6) is -1.94. The molecule has 2 amide bonds. The van der Waals surface area contributed by atoms with Crippen molar-refractivity contribution in [3.05, 3.63) is 58.9 Å². The van der Waals surface area contributed by atoms with Gasteiger partial charge in [0.25, 0.3) is 5.91 Å². The fourth-order valence-corrected chi connectivity index (χ4v) is 5.50. The molecule has 0 bridgehead atoms. The number of aryl methyl sites for hydroxylation is 1. The Labute approximate surface area is 233 Å². The van der Waals surface area contributed by atoms with Gasteiger partial charge in [0.2, 0.25) is 5.91 Å². The normalized spacial score (nSPS) is 18.2. The van der Waals surface area contributed by atoms with Gasteiger partial charge in [0.05, 0.1) is 17.8 Å². The number of halogens is 3. The van der Waals surface area contributed by atoms with E-state index in [0.29, 0.717) is 23.5 Å². The van der Waals surface area contributed by atoms with Gasteiger partial charge in [-0.2, -0.15) is 23.0 Å². The lowest BCUT2D eigenvalue weighted by Gasteiger charge is -2.41. The van der Waals surface area contributed by atoms with Crippen molar-refractivity contribution in [2.45, 2.75) is 38.4 Å². The monoisotopic (exact) mass is 593 g/mol. The quantitative estimate of drug-likeness (QED) is 0.426. The van der Waals surface area contributed by atoms with E-state index in [2.05, 4.69) is 20.7 Å². The summed E-state index contributed by atoms with van der Waals surface area (Å²) in [6.07, 6.45) is -2.44. The molecule has 2 N–H and O–H groups in total. The Balaban J connectivity index is 1.54. The van der Waals surface area contributed by atoms with Crippen LogP contribution in [0.25, 0.3) is 5.82 Å². The molecule has 15 heteroatoms. The minimum atomic E-state index is -4.51. The summed E-state index contributed by atoms with van der Waals surface area (Å²) in [7, 11) is -3.66. The van der Waals surface area contributed by atoms with Crippen LogP contribution in [-0.2, 0) is 26.6 Å². The first kappa shape index (κ1) is 28.4. The summed E-state index contributed by atoms with van der Waals surface area (Å²) >= 11 is 0. The van der Waals surface area contributed by atoms with E-state index in [1.807, 2.05) is 6.92 Å². The Morgan fingerprint density at radius 1 is 1.27 bits per heavy atom. The molecule has 3 aromatic rings. The first-order valence-electron chi connectivity index (χ1n) is 12.6. The molecule has 2 aromatic heterocycles. The average molecular weight is 594 g/mol. The van der Waals surface area contributed by atoms with E-state index >= 15 is 0 Å². The number of ether oxygens (including phenoxy) is 2. The molecule has 218 valence electrons. The number of alkyl halides is 3. The third kappa shape index (κ3) is 5.85. The highest BCUT2D eigenvalue weighted by atomic mass is 32.2. The second kappa shape index (κ2) is 10.4. The van der Waals surface area contributed by atoms with Crippen molar-refractivity contribution in [3.8, 4) is 17.3 Å². The summed E-state index contributed by atoms with van der Waals surface area (Å²) < 4.78 is 73.9. The van der Waals surface area contributed by atoms with Gasteiger partial charge in [0, 0.05) is 36.4 Å². The molecule has 5 rings (SSSR count). The van der Waals surface area contributed by atoms with Gasteiger partial charge in [0.15, 0.2) is 28.1 Å². The van der Waals surface area contributed by atoms with Crippen LogP contribution in [0.4, 0.5) is 19.0 Å². The fourth-order valence-electron chi connectivity index (χ4n) is 4.83. The van der Waals surface area contributed by atoms with Gasteiger partial charge < -0.3 is 20.1 Å². The van der Waals surface area contributed by atoms with Gasteiger partial charge in [-0.05, 0) is 30.7 Å². The highest BCUT2D eigenvalue weighted by Gasteiger charge is 2.46. The molecule has 0 radical (unpaired) electrons. The van der Waals surface area contributed by atoms with E-state index < -0.39 is 45.7 Å². The molecule has 0 unspecified atom stereocenters. The van der Waals surface area contributed by atoms with E-state index in [1.54, 1.807) is 24.4 Å². The molecule has 1 aromatic carbocycles. The van der Waals surface area contributed by atoms with Crippen molar-refractivity contribution in [2.75, 3.05) is 30.0 Å². The molecular formula is C26H26F3N5O6S. The number of amides is 2. The molecule has 11 nitrogen and oxygen atoms in total. The van der Waals surface area contributed by atoms with Crippen molar-refractivity contribution < 1.29 is 40.7 Å². The molecule has 4 heterocycles. The Bertz CT molecular complexity index is 1620. The maximum atomic E-state index is 13.6. The van der Waals surface area contributed by atoms with Crippen LogP contribution in [0.2, 0.25) is 0 Å². The zero-order valence-electron chi connectivity index (χ0n) is 22.0. The van der Waals surface area contributed by atoms with Crippen LogP contribution in [0.3, 0.4) is 0 Å². The first-order valence-corrected chi connectivity index (χ1v) is 14.5. The summed E-state index contributed by atoms with van der Waals surface area (Å²) in [6.45, 7) is 1.96. The Hall–Kier alpha value is -4.14. The third-order valence-corrected chi connectivity index (χ3v) is 8.41. The number of carbonyl (C=O) groups is 2. The minimum absolute atomic E-state index is 0.0248. The number of hydrogen-bond donors (Lipinski definition) is 2. The van der Waals surface area contributed by atoms with Gasteiger partial charge >= 0.3 is 6.18 Å². The van der Waals surface area contributed by atoms with E-state index in [0.717, 1.165) is 5.56 Å². The molecule has 2 aliphatic heterocycles. The predicted molar refractivity (Wildman–Crippen MR) is 140 cm³/mol. The second-order valence-electron chi connectivity index (χ2n) is 9.87. The van der Waals surface area contributed by atoms with E-state index in [4.69, 9.17) is 9.47 Å². The number of anilines is 1. The largest absolute Gasteiger partial charge is 0.493 e. The number of nitrogens with zero attached hydrogens (tertiary/aromatic N) is 3. The SMILES string of the molecule is CCS(=O)(=O)CC(=O)Nc1c2c(nn1-c1ccc(C)cn1)C[C@]1(CCOc3cc(OCC(F)(F)F)ccc31)NC2=O. The Morgan fingerprint density at radius 2 is 2.05 bits per heavy atom. The number of rotatable bonds is 7. The predicted octanol–water partition coefficient (Wildman–Crippen LogP) is 2.85. The molecule has 1 spiro atoms. The van der Waals surface area contributed by atoms with Crippen LogP contribution in [0.1, 0.15) is 40.5 Å². The van der Waals surface area contributed by atoms with Crippen LogP contribution in [0.15, 0.2) is 36.5 Å². The fraction of sp³-hybridized carbons (Fsp3) is 0.385. The number of aromatic nitrogens is 3. The van der Waals surface area contributed by atoms with Gasteiger partial charge in [-0.1, -0.05) is 13.0 Å². The lowest BCUT2D eigenvalue weighted by atomic mass is 9.77. The lowest BCUT2D eigenvalue weighted by molar-refractivity contribution is -0.153. The van der Waals surface area contributed by atoms with Crippen LogP contribution in [0.5, 0.6) is 11.5 Å². The van der Waals surface area contributed by atoms with Crippen molar-refractivity contribution in [3.63, 3.8) is 0 Å². The van der Waals surface area contributed by atoms with Gasteiger partial charge in [-0.25, -0.2) is 13.4 Å². The number of sulfone groups is 1. The van der Waals surface area contributed by atoms with E-state index in [1.165, 1.54) is 23.7 Å².